The molecule has 0 aliphatic carbocycles. The number of aromatic hydroxyl groups is 1. The van der Waals surface area contributed by atoms with E-state index in [4.69, 9.17) is 16.3 Å². The van der Waals surface area contributed by atoms with Crippen LogP contribution in [0.1, 0.15) is 40.5 Å². The minimum Gasteiger partial charge on any atom is -0.506 e. The molecule has 9 nitrogen and oxygen atoms in total. The first kappa shape index (κ1) is 26.4. The van der Waals surface area contributed by atoms with Crippen LogP contribution in [-0.2, 0) is 14.3 Å². The lowest BCUT2D eigenvalue weighted by Crippen LogP contribution is -2.32. The normalized spacial score (nSPS) is 13.1. The Morgan fingerprint density at radius 2 is 1.68 bits per heavy atom. The molecule has 3 aromatic carbocycles. The monoisotopic (exact) mass is 533 g/mol. The molecule has 1 aliphatic rings. The molecule has 4 rings (SSSR count). The van der Waals surface area contributed by atoms with Gasteiger partial charge in [-0.1, -0.05) is 43.1 Å². The van der Waals surface area contributed by atoms with Crippen LogP contribution in [0.15, 0.2) is 83.5 Å². The summed E-state index contributed by atoms with van der Waals surface area (Å²) in [5, 5.41) is 15.0. The number of carbonyl (C=O) groups excluding carboxylic acids is 4. The second-order valence-corrected chi connectivity index (χ2v) is 8.73. The Labute approximate surface area is 223 Å². The number of hydrogen-bond acceptors (Lipinski definition) is 7. The van der Waals surface area contributed by atoms with Gasteiger partial charge in [0.15, 0.2) is 0 Å². The van der Waals surface area contributed by atoms with E-state index < -0.39 is 23.7 Å². The highest BCUT2D eigenvalue weighted by Crippen LogP contribution is 2.31. The van der Waals surface area contributed by atoms with Crippen molar-refractivity contribution in [3.8, 4) is 5.75 Å². The number of ether oxygens (including phenoxy) is 1. The van der Waals surface area contributed by atoms with Gasteiger partial charge in [0.05, 0.1) is 23.5 Å². The number of hydrogen-bond donors (Lipinski definition) is 3. The molecule has 3 aromatic rings. The van der Waals surface area contributed by atoms with Crippen LogP contribution in [0.2, 0.25) is 0 Å². The van der Waals surface area contributed by atoms with E-state index in [1.54, 1.807) is 36.4 Å². The van der Waals surface area contributed by atoms with E-state index in [0.29, 0.717) is 11.3 Å². The molecule has 3 N–H and O–H groups in total. The van der Waals surface area contributed by atoms with Gasteiger partial charge in [-0.3, -0.25) is 14.4 Å². The van der Waals surface area contributed by atoms with Gasteiger partial charge in [-0.2, -0.15) is 0 Å². The van der Waals surface area contributed by atoms with Gasteiger partial charge in [0.25, 0.3) is 17.7 Å². The van der Waals surface area contributed by atoms with Gasteiger partial charge in [-0.05, 0) is 61.0 Å². The van der Waals surface area contributed by atoms with Gasteiger partial charge < -0.3 is 20.5 Å². The van der Waals surface area contributed by atoms with Crippen molar-refractivity contribution in [2.45, 2.75) is 19.8 Å². The molecule has 0 fully saturated rings. The van der Waals surface area contributed by atoms with E-state index in [2.05, 4.69) is 10.6 Å². The van der Waals surface area contributed by atoms with Crippen molar-refractivity contribution in [1.29, 1.82) is 0 Å². The van der Waals surface area contributed by atoms with Crippen molar-refractivity contribution in [2.24, 2.45) is 0 Å². The third-order valence-electron chi connectivity index (χ3n) is 5.67. The largest absolute Gasteiger partial charge is 0.506 e. The van der Waals surface area contributed by atoms with Gasteiger partial charge in [0, 0.05) is 11.3 Å². The molecule has 0 atom stereocenters. The van der Waals surface area contributed by atoms with E-state index in [1.807, 2.05) is 6.92 Å². The third kappa shape index (κ3) is 5.68. The van der Waals surface area contributed by atoms with Crippen LogP contribution in [0.3, 0.4) is 0 Å². The molecule has 194 valence electrons. The number of rotatable bonds is 9. The van der Waals surface area contributed by atoms with Gasteiger partial charge >= 0.3 is 5.97 Å². The maximum atomic E-state index is 13.1. The van der Waals surface area contributed by atoms with Crippen LogP contribution in [-0.4, -0.2) is 35.4 Å². The highest BCUT2D eigenvalue weighted by molar-refractivity contribution is 6.53. The average molecular weight is 534 g/mol. The number of esters is 1. The fourth-order valence-electron chi connectivity index (χ4n) is 3.63. The molecular formula is C28H24ClN3O6. The standard InChI is InChI=1S/C28H24ClN3O6/c1-2-3-15-38-28(37)18-7-6-8-20(16-18)32-26(35)23(29)24(27(32)36)30-19-13-11-17(12-14-19)25(34)31-21-9-4-5-10-22(21)33/h4-14,16,30,33H,2-3,15H2,1H3,(H,31,34). The zero-order valence-electron chi connectivity index (χ0n) is 20.4. The number of phenolic OH excluding ortho intramolecular Hbond substituents is 1. The quantitative estimate of drug-likeness (QED) is 0.152. The minimum atomic E-state index is -0.741. The van der Waals surface area contributed by atoms with Crippen LogP contribution in [0.4, 0.5) is 17.1 Å². The summed E-state index contributed by atoms with van der Waals surface area (Å²) in [4.78, 5) is 51.7. The number of nitrogens with zero attached hydrogens (tertiary/aromatic N) is 1. The molecule has 0 bridgehead atoms. The van der Waals surface area contributed by atoms with Crippen molar-refractivity contribution < 1.29 is 29.0 Å². The van der Waals surface area contributed by atoms with Crippen molar-refractivity contribution >= 4 is 52.4 Å². The summed E-state index contributed by atoms with van der Waals surface area (Å²) in [6.45, 7) is 2.25. The molecule has 10 heteroatoms. The number of anilines is 3. The van der Waals surface area contributed by atoms with Gasteiger partial charge in [0.2, 0.25) is 0 Å². The SMILES string of the molecule is CCCCOC(=O)c1cccc(N2C(=O)C(Cl)=C(Nc3ccc(C(=O)Nc4ccccc4O)cc3)C2=O)c1. The summed E-state index contributed by atoms with van der Waals surface area (Å²) in [5.41, 5.74) is 1.22. The fraction of sp³-hybridized carbons (Fsp3) is 0.143. The number of para-hydroxylation sites is 2. The highest BCUT2D eigenvalue weighted by atomic mass is 35.5. The van der Waals surface area contributed by atoms with Crippen molar-refractivity contribution in [1.82, 2.24) is 0 Å². The summed E-state index contributed by atoms with van der Waals surface area (Å²) < 4.78 is 5.21. The summed E-state index contributed by atoms with van der Waals surface area (Å²) in [5.74, 6) is -2.49. The molecule has 1 aliphatic heterocycles. The molecule has 0 saturated carbocycles. The van der Waals surface area contributed by atoms with Crippen molar-refractivity contribution in [2.75, 3.05) is 22.1 Å². The Morgan fingerprint density at radius 3 is 2.39 bits per heavy atom. The summed E-state index contributed by atoms with van der Waals surface area (Å²) >= 11 is 6.22. The number of benzene rings is 3. The molecular weight excluding hydrogens is 510 g/mol. The predicted molar refractivity (Wildman–Crippen MR) is 143 cm³/mol. The van der Waals surface area contributed by atoms with Crippen molar-refractivity contribution in [3.05, 3.63) is 94.7 Å². The van der Waals surface area contributed by atoms with E-state index in [1.165, 1.54) is 36.4 Å². The third-order valence-corrected chi connectivity index (χ3v) is 6.02. The Kier molecular flexibility index (Phi) is 8.08. The Morgan fingerprint density at radius 1 is 0.947 bits per heavy atom. The highest BCUT2D eigenvalue weighted by Gasteiger charge is 2.39. The zero-order valence-corrected chi connectivity index (χ0v) is 21.1. The van der Waals surface area contributed by atoms with Gasteiger partial charge in [0.1, 0.15) is 16.5 Å². The smallest absolute Gasteiger partial charge is 0.338 e. The molecule has 0 spiro atoms. The fourth-order valence-corrected chi connectivity index (χ4v) is 3.85. The molecule has 0 saturated heterocycles. The van der Waals surface area contributed by atoms with E-state index in [-0.39, 0.29) is 40.0 Å². The van der Waals surface area contributed by atoms with Gasteiger partial charge in [-0.25, -0.2) is 9.69 Å². The van der Waals surface area contributed by atoms with Crippen molar-refractivity contribution in [3.63, 3.8) is 0 Å². The lowest BCUT2D eigenvalue weighted by atomic mass is 10.1. The predicted octanol–water partition coefficient (Wildman–Crippen LogP) is 5.04. The summed E-state index contributed by atoms with van der Waals surface area (Å²) in [6, 6.07) is 18.5. The second kappa shape index (κ2) is 11.6. The van der Waals surface area contributed by atoms with Crippen LogP contribution in [0, 0.1) is 0 Å². The molecule has 1 heterocycles. The number of nitrogens with one attached hydrogen (secondary N) is 2. The Bertz CT molecular complexity index is 1430. The number of unbranched alkanes of at least 4 members (excludes halogenated alkanes) is 1. The van der Waals surface area contributed by atoms with Crippen LogP contribution in [0.5, 0.6) is 5.75 Å². The number of amides is 3. The van der Waals surface area contributed by atoms with Crippen LogP contribution >= 0.6 is 11.6 Å². The number of halogens is 1. The Balaban J connectivity index is 1.46. The first-order valence-electron chi connectivity index (χ1n) is 11.8. The first-order chi connectivity index (χ1) is 18.3. The van der Waals surface area contributed by atoms with E-state index in [9.17, 15) is 24.3 Å². The summed E-state index contributed by atoms with van der Waals surface area (Å²) in [7, 11) is 0. The minimum absolute atomic E-state index is 0.0615. The molecule has 38 heavy (non-hydrogen) atoms. The van der Waals surface area contributed by atoms with Crippen LogP contribution < -0.4 is 15.5 Å². The topological polar surface area (TPSA) is 125 Å². The second-order valence-electron chi connectivity index (χ2n) is 8.35. The zero-order chi connectivity index (χ0) is 27.2. The lowest BCUT2D eigenvalue weighted by molar-refractivity contribution is -0.120. The van der Waals surface area contributed by atoms with E-state index in [0.717, 1.165) is 17.7 Å². The number of carbonyl (C=O) groups is 4. The number of imide groups is 1. The Hall–Kier alpha value is -4.63. The van der Waals surface area contributed by atoms with E-state index >= 15 is 0 Å². The molecule has 3 amide bonds. The molecule has 0 unspecified atom stereocenters. The average Bonchev–Trinajstić information content (AvgIpc) is 3.13. The van der Waals surface area contributed by atoms with Gasteiger partial charge in [-0.15, -0.1) is 0 Å². The first-order valence-corrected chi connectivity index (χ1v) is 12.2. The lowest BCUT2D eigenvalue weighted by Gasteiger charge is -2.16. The summed E-state index contributed by atoms with van der Waals surface area (Å²) in [6.07, 6.45) is 1.60. The molecule has 0 radical (unpaired) electrons. The maximum Gasteiger partial charge on any atom is 0.338 e. The maximum absolute atomic E-state index is 13.1. The molecule has 0 aromatic heterocycles. The number of phenols is 1. The van der Waals surface area contributed by atoms with Crippen LogP contribution in [0.25, 0.3) is 0 Å².